The SMILES string of the molecule is O=[11C](O)c1ccc2c(c1)-c1ccccc1C2. The first-order valence-corrected chi connectivity index (χ1v) is 5.20. The number of carbonyl (C=O) groups is 1. The van der Waals surface area contributed by atoms with E-state index in [2.05, 4.69) is 6.07 Å². The minimum absolute atomic E-state index is 0.357. The molecular formula is C14H10O2. The molecule has 0 heterocycles. The second kappa shape index (κ2) is 3.20. The quantitative estimate of drug-likeness (QED) is 0.669. The van der Waals surface area contributed by atoms with E-state index >= 15 is 0 Å². The predicted molar refractivity (Wildman–Crippen MR) is 61.6 cm³/mol. The molecule has 16 heavy (non-hydrogen) atoms. The molecule has 1 aliphatic carbocycles. The summed E-state index contributed by atoms with van der Waals surface area (Å²) in [4.78, 5) is 10.9. The minimum Gasteiger partial charge on any atom is -0.478 e. The summed E-state index contributed by atoms with van der Waals surface area (Å²) in [7, 11) is 0. The first-order chi connectivity index (χ1) is 7.75. The van der Waals surface area contributed by atoms with Crippen LogP contribution in [0.15, 0.2) is 42.5 Å². The van der Waals surface area contributed by atoms with Gasteiger partial charge in [-0.3, -0.25) is 0 Å². The number of benzene rings is 2. The Morgan fingerprint density at radius 1 is 1.00 bits per heavy atom. The Hall–Kier alpha value is -2.09. The van der Waals surface area contributed by atoms with Crippen LogP contribution in [0.1, 0.15) is 21.5 Å². The standard InChI is InChI=1S/C14H10O2/c15-14(16)11-6-5-10-7-9-3-1-2-4-12(9)13(10)8-11/h1-6,8H,7H2,(H,15,16)/i14-1. The molecule has 78 valence electrons. The topological polar surface area (TPSA) is 37.3 Å². The number of aromatic carboxylic acids is 1. The summed E-state index contributed by atoms with van der Waals surface area (Å²) >= 11 is 0. The zero-order chi connectivity index (χ0) is 11.1. The van der Waals surface area contributed by atoms with Gasteiger partial charge in [-0.25, -0.2) is 4.79 Å². The Balaban J connectivity index is 2.22. The number of hydrogen-bond donors (Lipinski definition) is 1. The lowest BCUT2D eigenvalue weighted by molar-refractivity contribution is 0.0697. The highest BCUT2D eigenvalue weighted by molar-refractivity contribution is 5.91. The van der Waals surface area contributed by atoms with Crippen LogP contribution in [0.5, 0.6) is 0 Å². The number of carboxylic acids is 1. The molecule has 0 unspecified atom stereocenters. The van der Waals surface area contributed by atoms with Gasteiger partial charge in [-0.05, 0) is 40.8 Å². The van der Waals surface area contributed by atoms with Gasteiger partial charge in [0.25, 0.3) is 0 Å². The maximum atomic E-state index is 10.9. The van der Waals surface area contributed by atoms with E-state index in [-0.39, 0.29) is 0 Å². The molecule has 0 spiro atoms. The van der Waals surface area contributed by atoms with E-state index in [0.717, 1.165) is 12.0 Å². The highest BCUT2D eigenvalue weighted by Gasteiger charge is 2.18. The summed E-state index contributed by atoms with van der Waals surface area (Å²) in [5.41, 5.74) is 5.08. The molecule has 2 heteroatoms. The van der Waals surface area contributed by atoms with Crippen molar-refractivity contribution in [3.63, 3.8) is 0 Å². The van der Waals surface area contributed by atoms with E-state index in [0.29, 0.717) is 5.56 Å². The molecule has 1 aliphatic rings. The second-order valence-electron chi connectivity index (χ2n) is 4.01. The largest absolute Gasteiger partial charge is 0.478 e. The molecule has 2 nitrogen and oxygen atoms in total. The lowest BCUT2D eigenvalue weighted by atomic mass is 9.90. The van der Waals surface area contributed by atoms with E-state index in [1.807, 2.05) is 24.3 Å². The summed E-state index contributed by atoms with van der Waals surface area (Å²) in [5, 5.41) is 8.96. The van der Waals surface area contributed by atoms with Crippen molar-refractivity contribution in [3.05, 3.63) is 59.2 Å². The van der Waals surface area contributed by atoms with Crippen LogP contribution in [0.2, 0.25) is 0 Å². The van der Waals surface area contributed by atoms with Crippen LogP contribution in [0.25, 0.3) is 11.1 Å². The molecule has 0 radical (unpaired) electrons. The van der Waals surface area contributed by atoms with E-state index in [1.54, 1.807) is 12.1 Å². The van der Waals surface area contributed by atoms with Gasteiger partial charge in [0.1, 0.15) is 0 Å². The molecule has 1 N–H and O–H groups in total. The molecule has 2 aromatic rings. The van der Waals surface area contributed by atoms with Crippen molar-refractivity contribution >= 4 is 5.97 Å². The average Bonchev–Trinajstić information content (AvgIpc) is 2.66. The number of rotatable bonds is 1. The Morgan fingerprint density at radius 2 is 1.75 bits per heavy atom. The maximum absolute atomic E-state index is 10.9. The van der Waals surface area contributed by atoms with Crippen molar-refractivity contribution in [3.8, 4) is 11.1 Å². The van der Waals surface area contributed by atoms with E-state index in [1.165, 1.54) is 16.7 Å². The third-order valence-electron chi connectivity index (χ3n) is 3.05. The summed E-state index contributed by atoms with van der Waals surface area (Å²) in [6.45, 7) is 0. The summed E-state index contributed by atoms with van der Waals surface area (Å²) < 4.78 is 0. The smallest absolute Gasteiger partial charge is 0.335 e. The maximum Gasteiger partial charge on any atom is 0.335 e. The summed E-state index contributed by atoms with van der Waals surface area (Å²) in [6.07, 6.45) is 0.908. The zero-order valence-corrected chi connectivity index (χ0v) is 8.60. The second-order valence-corrected chi connectivity index (χ2v) is 4.01. The van der Waals surface area contributed by atoms with Crippen molar-refractivity contribution in [2.45, 2.75) is 6.42 Å². The first kappa shape index (κ1) is 9.16. The van der Waals surface area contributed by atoms with Gasteiger partial charge in [0.05, 0.1) is 5.56 Å². The lowest BCUT2D eigenvalue weighted by Gasteiger charge is -2.01. The number of carboxylic acid groups (broad SMARTS) is 1. The van der Waals surface area contributed by atoms with Crippen LogP contribution in [-0.4, -0.2) is 11.1 Å². The van der Waals surface area contributed by atoms with Crippen molar-refractivity contribution < 1.29 is 9.90 Å². The third kappa shape index (κ3) is 1.23. The van der Waals surface area contributed by atoms with Crippen LogP contribution in [0.3, 0.4) is 0 Å². The van der Waals surface area contributed by atoms with Gasteiger partial charge in [-0.15, -0.1) is 0 Å². The van der Waals surface area contributed by atoms with E-state index in [4.69, 9.17) is 5.11 Å². The van der Waals surface area contributed by atoms with Gasteiger partial charge in [0.2, 0.25) is 0 Å². The first-order valence-electron chi connectivity index (χ1n) is 5.20. The molecule has 2 aromatic carbocycles. The fourth-order valence-electron chi connectivity index (χ4n) is 2.26. The van der Waals surface area contributed by atoms with Crippen LogP contribution in [0.4, 0.5) is 0 Å². The molecular weight excluding hydrogens is 199 g/mol. The van der Waals surface area contributed by atoms with Gasteiger partial charge in [-0.2, -0.15) is 0 Å². The molecule has 0 aromatic heterocycles. The van der Waals surface area contributed by atoms with Gasteiger partial charge < -0.3 is 5.11 Å². The fraction of sp³-hybridized carbons (Fsp3) is 0.0714. The normalized spacial score (nSPS) is 12.0. The monoisotopic (exact) mass is 209 g/mol. The molecule has 0 saturated carbocycles. The van der Waals surface area contributed by atoms with Crippen molar-refractivity contribution in [2.24, 2.45) is 0 Å². The molecule has 0 atom stereocenters. The van der Waals surface area contributed by atoms with Crippen molar-refractivity contribution in [1.82, 2.24) is 0 Å². The van der Waals surface area contributed by atoms with Gasteiger partial charge in [0, 0.05) is 0 Å². The highest BCUT2D eigenvalue weighted by Crippen LogP contribution is 2.36. The minimum atomic E-state index is -0.868. The summed E-state index contributed by atoms with van der Waals surface area (Å²) in [6, 6.07) is 13.5. The third-order valence-corrected chi connectivity index (χ3v) is 3.05. The molecule has 0 amide bonds. The predicted octanol–water partition coefficient (Wildman–Crippen LogP) is 2.96. The fourth-order valence-corrected chi connectivity index (χ4v) is 2.26. The Labute approximate surface area is 93.2 Å². The highest BCUT2D eigenvalue weighted by atomic mass is 16.3. The van der Waals surface area contributed by atoms with Gasteiger partial charge >= 0.3 is 5.97 Å². The molecule has 0 aliphatic heterocycles. The van der Waals surface area contributed by atoms with Crippen molar-refractivity contribution in [1.29, 1.82) is 0 Å². The molecule has 0 saturated heterocycles. The van der Waals surface area contributed by atoms with Crippen LogP contribution >= 0.6 is 0 Å². The lowest BCUT2D eigenvalue weighted by Crippen LogP contribution is -1.96. The average molecular weight is 209 g/mol. The number of fused-ring (bicyclic) bond motifs is 3. The van der Waals surface area contributed by atoms with Crippen LogP contribution < -0.4 is 0 Å². The van der Waals surface area contributed by atoms with Crippen LogP contribution in [0, 0.1) is 0 Å². The van der Waals surface area contributed by atoms with E-state index in [9.17, 15) is 4.79 Å². The molecule has 0 bridgehead atoms. The van der Waals surface area contributed by atoms with Crippen LogP contribution in [-0.2, 0) is 6.42 Å². The zero-order valence-electron chi connectivity index (χ0n) is 8.60. The molecule has 3 rings (SSSR count). The Kier molecular flexibility index (Phi) is 1.83. The van der Waals surface area contributed by atoms with Crippen molar-refractivity contribution in [2.75, 3.05) is 0 Å². The Morgan fingerprint density at radius 3 is 2.56 bits per heavy atom. The van der Waals surface area contributed by atoms with E-state index < -0.39 is 5.97 Å². The Bertz CT molecular complexity index is 585. The van der Waals surface area contributed by atoms with Gasteiger partial charge in [-0.1, -0.05) is 30.3 Å². The summed E-state index contributed by atoms with van der Waals surface area (Å²) in [5.74, 6) is -0.868. The van der Waals surface area contributed by atoms with Gasteiger partial charge in [0.15, 0.2) is 0 Å². The molecule has 0 fully saturated rings. The number of hydrogen-bond acceptors (Lipinski definition) is 1.